The Kier molecular flexibility index (Phi) is 4.05. The Morgan fingerprint density at radius 2 is 1.74 bits per heavy atom. The fourth-order valence-corrected chi connectivity index (χ4v) is 2.51. The Hall–Kier alpha value is -0.830. The Bertz CT molecular complexity index is 457. The summed E-state index contributed by atoms with van der Waals surface area (Å²) in [4.78, 5) is 11.6. The molecule has 19 heavy (non-hydrogen) atoms. The number of halogens is 1. The van der Waals surface area contributed by atoms with Gasteiger partial charge in [-0.05, 0) is 25.7 Å². The minimum Gasteiger partial charge on any atom is -0.356 e. The summed E-state index contributed by atoms with van der Waals surface area (Å²) in [5.74, 6) is 2.67. The molecule has 0 radical (unpaired) electrons. The molecule has 0 aliphatic carbocycles. The van der Waals surface area contributed by atoms with Gasteiger partial charge in [-0.15, -0.1) is 0 Å². The normalized spacial score (nSPS) is 17.9. The van der Waals surface area contributed by atoms with E-state index in [0.717, 1.165) is 36.2 Å². The van der Waals surface area contributed by atoms with Gasteiger partial charge in [0.15, 0.2) is 0 Å². The zero-order valence-electron chi connectivity index (χ0n) is 12.6. The summed E-state index contributed by atoms with van der Waals surface area (Å²) in [7, 11) is 0. The zero-order valence-corrected chi connectivity index (χ0v) is 13.4. The molecule has 1 aliphatic rings. The molecule has 3 nitrogen and oxygen atoms in total. The second kappa shape index (κ2) is 5.28. The van der Waals surface area contributed by atoms with Crippen LogP contribution in [0, 0.1) is 12.8 Å². The third kappa shape index (κ3) is 3.19. The summed E-state index contributed by atoms with van der Waals surface area (Å²) in [5.41, 5.74) is 0.930. The van der Waals surface area contributed by atoms with Crippen LogP contribution in [0.4, 0.5) is 5.82 Å². The van der Waals surface area contributed by atoms with Gasteiger partial charge in [-0.25, -0.2) is 9.97 Å². The van der Waals surface area contributed by atoms with Crippen LogP contribution in [0.25, 0.3) is 0 Å². The Morgan fingerprint density at radius 1 is 1.16 bits per heavy atom. The van der Waals surface area contributed by atoms with Crippen LogP contribution >= 0.6 is 11.6 Å². The molecule has 1 aromatic heterocycles. The largest absolute Gasteiger partial charge is 0.356 e. The lowest BCUT2D eigenvalue weighted by atomic mass is 9.95. The minimum absolute atomic E-state index is 0.0742. The van der Waals surface area contributed by atoms with Crippen LogP contribution in [0.3, 0.4) is 0 Å². The SMILES string of the molecule is Cc1c(Cl)nc(C(C)(C)C)nc1N1CCC(C)CC1. The number of nitrogens with zero attached hydrogens (tertiary/aromatic N) is 3. The van der Waals surface area contributed by atoms with Crippen molar-refractivity contribution in [3.8, 4) is 0 Å². The predicted molar refractivity (Wildman–Crippen MR) is 81.1 cm³/mol. The molecule has 2 heterocycles. The van der Waals surface area contributed by atoms with E-state index in [1.807, 2.05) is 6.92 Å². The standard InChI is InChI=1S/C15H24ClN3/c1-10-6-8-19(9-7-10)13-11(2)12(16)17-14(18-13)15(3,4)5/h10H,6-9H2,1-5H3. The highest BCUT2D eigenvalue weighted by Crippen LogP contribution is 2.30. The summed E-state index contributed by atoms with van der Waals surface area (Å²) in [6.07, 6.45) is 2.46. The van der Waals surface area contributed by atoms with Crippen LogP contribution < -0.4 is 4.90 Å². The maximum absolute atomic E-state index is 6.30. The molecule has 0 unspecified atom stereocenters. The second-order valence-corrected chi connectivity index (χ2v) is 7.06. The zero-order chi connectivity index (χ0) is 14.2. The first kappa shape index (κ1) is 14.6. The lowest BCUT2D eigenvalue weighted by molar-refractivity contribution is 0.434. The number of hydrogen-bond donors (Lipinski definition) is 0. The molecule has 1 fully saturated rings. The Balaban J connectivity index is 2.36. The van der Waals surface area contributed by atoms with Gasteiger partial charge in [-0.2, -0.15) is 0 Å². The molecular weight excluding hydrogens is 258 g/mol. The van der Waals surface area contributed by atoms with Crippen LogP contribution in [-0.2, 0) is 5.41 Å². The first-order valence-corrected chi connectivity index (χ1v) is 7.46. The van der Waals surface area contributed by atoms with Gasteiger partial charge in [0, 0.05) is 24.1 Å². The summed E-state index contributed by atoms with van der Waals surface area (Å²) in [6.45, 7) is 12.8. The van der Waals surface area contributed by atoms with E-state index >= 15 is 0 Å². The topological polar surface area (TPSA) is 29.0 Å². The average Bonchev–Trinajstić information content (AvgIpc) is 2.32. The Morgan fingerprint density at radius 3 is 2.26 bits per heavy atom. The third-order valence-electron chi connectivity index (χ3n) is 3.81. The van der Waals surface area contributed by atoms with Crippen LogP contribution in [0.2, 0.25) is 5.15 Å². The molecule has 106 valence electrons. The van der Waals surface area contributed by atoms with Gasteiger partial charge < -0.3 is 4.90 Å². The molecule has 0 amide bonds. The van der Waals surface area contributed by atoms with E-state index in [1.165, 1.54) is 12.8 Å². The molecule has 0 spiro atoms. The first-order chi connectivity index (χ1) is 8.79. The van der Waals surface area contributed by atoms with Gasteiger partial charge in [0.25, 0.3) is 0 Å². The number of piperidine rings is 1. The van der Waals surface area contributed by atoms with E-state index in [2.05, 4.69) is 37.6 Å². The van der Waals surface area contributed by atoms with Crippen molar-refractivity contribution in [3.63, 3.8) is 0 Å². The molecule has 0 N–H and O–H groups in total. The summed E-state index contributed by atoms with van der Waals surface area (Å²) in [6, 6.07) is 0. The third-order valence-corrected chi connectivity index (χ3v) is 4.18. The van der Waals surface area contributed by atoms with Crippen LogP contribution in [0.5, 0.6) is 0 Å². The number of anilines is 1. The van der Waals surface area contributed by atoms with E-state index in [1.54, 1.807) is 0 Å². The van der Waals surface area contributed by atoms with E-state index in [-0.39, 0.29) is 5.41 Å². The summed E-state index contributed by atoms with van der Waals surface area (Å²) >= 11 is 6.30. The highest BCUT2D eigenvalue weighted by atomic mass is 35.5. The minimum atomic E-state index is -0.0742. The molecular formula is C15H24ClN3. The predicted octanol–water partition coefficient (Wildman–Crippen LogP) is 3.97. The van der Waals surface area contributed by atoms with Gasteiger partial charge >= 0.3 is 0 Å². The summed E-state index contributed by atoms with van der Waals surface area (Å²) in [5, 5.41) is 0.591. The molecule has 0 aromatic carbocycles. The van der Waals surface area contributed by atoms with Crippen molar-refractivity contribution in [3.05, 3.63) is 16.5 Å². The molecule has 0 atom stereocenters. The molecule has 1 aliphatic heterocycles. The second-order valence-electron chi connectivity index (χ2n) is 6.71. The van der Waals surface area contributed by atoms with Crippen molar-refractivity contribution in [1.29, 1.82) is 0 Å². The van der Waals surface area contributed by atoms with E-state index < -0.39 is 0 Å². The van der Waals surface area contributed by atoms with Gasteiger partial charge in [-0.3, -0.25) is 0 Å². The first-order valence-electron chi connectivity index (χ1n) is 7.08. The van der Waals surface area contributed by atoms with E-state index in [4.69, 9.17) is 16.6 Å². The van der Waals surface area contributed by atoms with Gasteiger partial charge in [0.05, 0.1) is 0 Å². The highest BCUT2D eigenvalue weighted by Gasteiger charge is 2.24. The van der Waals surface area contributed by atoms with Crippen LogP contribution in [-0.4, -0.2) is 23.1 Å². The van der Waals surface area contributed by atoms with Crippen molar-refractivity contribution in [2.45, 2.75) is 52.9 Å². The van der Waals surface area contributed by atoms with Crippen molar-refractivity contribution in [1.82, 2.24) is 9.97 Å². The van der Waals surface area contributed by atoms with Crippen molar-refractivity contribution in [2.24, 2.45) is 5.92 Å². The molecule has 2 rings (SSSR count). The van der Waals surface area contributed by atoms with Crippen LogP contribution in [0.1, 0.15) is 51.9 Å². The molecule has 0 saturated carbocycles. The molecule has 1 aromatic rings. The Labute approximate surface area is 121 Å². The monoisotopic (exact) mass is 281 g/mol. The van der Waals surface area contributed by atoms with E-state index in [9.17, 15) is 0 Å². The van der Waals surface area contributed by atoms with Crippen molar-refractivity contribution >= 4 is 17.4 Å². The van der Waals surface area contributed by atoms with Gasteiger partial charge in [-0.1, -0.05) is 39.3 Å². The fourth-order valence-electron chi connectivity index (χ4n) is 2.34. The molecule has 1 saturated heterocycles. The maximum Gasteiger partial charge on any atom is 0.137 e. The van der Waals surface area contributed by atoms with Crippen molar-refractivity contribution in [2.75, 3.05) is 18.0 Å². The van der Waals surface area contributed by atoms with Gasteiger partial charge in [0.2, 0.25) is 0 Å². The number of hydrogen-bond acceptors (Lipinski definition) is 3. The van der Waals surface area contributed by atoms with E-state index in [0.29, 0.717) is 5.15 Å². The molecule has 4 heteroatoms. The summed E-state index contributed by atoms with van der Waals surface area (Å²) < 4.78 is 0. The highest BCUT2D eigenvalue weighted by molar-refractivity contribution is 6.30. The fraction of sp³-hybridized carbons (Fsp3) is 0.733. The number of rotatable bonds is 1. The van der Waals surface area contributed by atoms with Gasteiger partial charge in [0.1, 0.15) is 16.8 Å². The van der Waals surface area contributed by atoms with Crippen molar-refractivity contribution < 1.29 is 0 Å². The molecule has 0 bridgehead atoms. The average molecular weight is 282 g/mol. The maximum atomic E-state index is 6.30. The quantitative estimate of drug-likeness (QED) is 0.729. The number of aromatic nitrogens is 2. The lowest BCUT2D eigenvalue weighted by Gasteiger charge is -2.33. The lowest BCUT2D eigenvalue weighted by Crippen LogP contribution is -2.34. The smallest absolute Gasteiger partial charge is 0.137 e. The van der Waals surface area contributed by atoms with Crippen LogP contribution in [0.15, 0.2) is 0 Å².